The van der Waals surface area contributed by atoms with Crippen molar-refractivity contribution in [2.24, 2.45) is 0 Å². The van der Waals surface area contributed by atoms with E-state index in [4.69, 9.17) is 4.74 Å². The first-order valence-corrected chi connectivity index (χ1v) is 9.67. The number of rotatable bonds is 4. The molecule has 1 unspecified atom stereocenters. The molecule has 146 valence electrons. The monoisotopic (exact) mass is 371 g/mol. The molecule has 1 aromatic carbocycles. The van der Waals surface area contributed by atoms with Crippen molar-refractivity contribution in [2.45, 2.75) is 58.1 Å². The number of hydrogen-bond donors (Lipinski definition) is 2. The number of para-hydroxylation sites is 1. The van der Waals surface area contributed by atoms with E-state index in [-0.39, 0.29) is 5.91 Å². The summed E-state index contributed by atoms with van der Waals surface area (Å²) in [4.78, 5) is 30.5. The molecule has 2 aromatic rings. The highest BCUT2D eigenvalue weighted by atomic mass is 16.6. The Balaban J connectivity index is 1.80. The van der Waals surface area contributed by atoms with Gasteiger partial charge in [0.25, 0.3) is 0 Å². The van der Waals surface area contributed by atoms with Crippen molar-refractivity contribution < 1.29 is 14.3 Å². The summed E-state index contributed by atoms with van der Waals surface area (Å²) in [5, 5.41) is 3.88. The minimum Gasteiger partial charge on any atom is -0.444 e. The van der Waals surface area contributed by atoms with Gasteiger partial charge in [-0.25, -0.2) is 4.79 Å². The van der Waals surface area contributed by atoms with Crippen molar-refractivity contribution in [3.63, 3.8) is 0 Å². The summed E-state index contributed by atoms with van der Waals surface area (Å²) in [6.07, 6.45) is 4.96. The Hall–Kier alpha value is -2.50. The van der Waals surface area contributed by atoms with Crippen LogP contribution in [0.5, 0.6) is 0 Å². The molecule has 0 bridgehead atoms. The molecule has 2 N–H and O–H groups in total. The first-order valence-electron chi connectivity index (χ1n) is 9.67. The van der Waals surface area contributed by atoms with Gasteiger partial charge in [0.05, 0.1) is 0 Å². The molecule has 1 atom stereocenters. The molecule has 6 heteroatoms. The second-order valence-corrected chi connectivity index (χ2v) is 8.15. The topological polar surface area (TPSA) is 74.4 Å². The Bertz CT molecular complexity index is 800. The summed E-state index contributed by atoms with van der Waals surface area (Å²) in [5.41, 5.74) is 1.43. The number of benzene rings is 1. The smallest absolute Gasteiger partial charge is 0.408 e. The molecule has 27 heavy (non-hydrogen) atoms. The molecule has 2 amide bonds. The van der Waals surface area contributed by atoms with Crippen LogP contribution in [0.1, 0.15) is 45.6 Å². The molecular formula is C21H29N3O3. The van der Waals surface area contributed by atoms with Crippen LogP contribution in [0.25, 0.3) is 10.9 Å². The maximum Gasteiger partial charge on any atom is 0.408 e. The first-order chi connectivity index (χ1) is 12.8. The lowest BCUT2D eigenvalue weighted by atomic mass is 10.0. The van der Waals surface area contributed by atoms with E-state index >= 15 is 0 Å². The van der Waals surface area contributed by atoms with Gasteiger partial charge < -0.3 is 19.9 Å². The Labute approximate surface area is 160 Å². The number of ether oxygens (including phenoxy) is 1. The maximum absolute atomic E-state index is 13.1. The third kappa shape index (κ3) is 5.02. The molecule has 1 fully saturated rings. The molecule has 0 radical (unpaired) electrons. The Morgan fingerprint density at radius 2 is 1.89 bits per heavy atom. The van der Waals surface area contributed by atoms with Crippen LogP contribution < -0.4 is 5.32 Å². The number of H-pyrrole nitrogens is 1. The third-order valence-electron chi connectivity index (χ3n) is 4.76. The predicted octanol–water partition coefficient (Wildman–Crippen LogP) is 3.62. The van der Waals surface area contributed by atoms with Gasteiger partial charge in [-0.3, -0.25) is 4.79 Å². The molecule has 1 aromatic heterocycles. The van der Waals surface area contributed by atoms with Crippen molar-refractivity contribution >= 4 is 22.9 Å². The van der Waals surface area contributed by atoms with Crippen molar-refractivity contribution in [1.29, 1.82) is 0 Å². The number of alkyl carbamates (subject to hydrolysis) is 1. The van der Waals surface area contributed by atoms with E-state index in [0.29, 0.717) is 6.42 Å². The summed E-state index contributed by atoms with van der Waals surface area (Å²) >= 11 is 0. The number of aromatic amines is 1. The number of piperidine rings is 1. The van der Waals surface area contributed by atoms with Crippen LogP contribution in [0, 0.1) is 0 Å². The van der Waals surface area contributed by atoms with E-state index in [1.165, 1.54) is 0 Å². The largest absolute Gasteiger partial charge is 0.444 e. The van der Waals surface area contributed by atoms with E-state index in [2.05, 4.69) is 10.3 Å². The Kier molecular flexibility index (Phi) is 5.73. The van der Waals surface area contributed by atoms with Gasteiger partial charge >= 0.3 is 6.09 Å². The minimum absolute atomic E-state index is 0.0363. The SMILES string of the molecule is CC(C)(C)OC(=O)NC(Cc1c[nH]c2ccccc12)C(=O)N1CCCCC1. The van der Waals surface area contributed by atoms with Gasteiger partial charge in [-0.1, -0.05) is 18.2 Å². The molecule has 1 aliphatic rings. The van der Waals surface area contributed by atoms with Crippen molar-refractivity contribution in [1.82, 2.24) is 15.2 Å². The summed E-state index contributed by atoms with van der Waals surface area (Å²) in [6.45, 7) is 6.94. The van der Waals surface area contributed by atoms with Crippen LogP contribution in [-0.4, -0.2) is 46.6 Å². The van der Waals surface area contributed by atoms with E-state index in [0.717, 1.165) is 48.8 Å². The van der Waals surface area contributed by atoms with Crippen LogP contribution in [0.15, 0.2) is 30.5 Å². The van der Waals surface area contributed by atoms with E-state index in [1.807, 2.05) is 56.1 Å². The summed E-state index contributed by atoms with van der Waals surface area (Å²) < 4.78 is 5.38. The van der Waals surface area contributed by atoms with Crippen molar-refractivity contribution in [3.8, 4) is 0 Å². The number of hydrogen-bond acceptors (Lipinski definition) is 3. The second-order valence-electron chi connectivity index (χ2n) is 8.15. The lowest BCUT2D eigenvalue weighted by molar-refractivity contribution is -0.134. The zero-order valence-corrected chi connectivity index (χ0v) is 16.4. The van der Waals surface area contributed by atoms with Crippen LogP contribution in [0.2, 0.25) is 0 Å². The molecule has 3 rings (SSSR count). The van der Waals surface area contributed by atoms with E-state index in [1.54, 1.807) is 0 Å². The minimum atomic E-state index is -0.642. The molecule has 0 aliphatic carbocycles. The summed E-state index contributed by atoms with van der Waals surface area (Å²) in [6, 6.07) is 7.33. The lowest BCUT2D eigenvalue weighted by Gasteiger charge is -2.31. The fourth-order valence-corrected chi connectivity index (χ4v) is 3.50. The summed E-state index contributed by atoms with van der Waals surface area (Å²) in [7, 11) is 0. The second kappa shape index (κ2) is 8.03. The van der Waals surface area contributed by atoms with Crippen molar-refractivity contribution in [2.75, 3.05) is 13.1 Å². The van der Waals surface area contributed by atoms with E-state index in [9.17, 15) is 9.59 Å². The van der Waals surface area contributed by atoms with Gasteiger partial charge in [0.1, 0.15) is 11.6 Å². The van der Waals surface area contributed by atoms with Crippen LogP contribution in [0.3, 0.4) is 0 Å². The number of amides is 2. The van der Waals surface area contributed by atoms with Gasteiger partial charge in [-0.2, -0.15) is 0 Å². The van der Waals surface area contributed by atoms with Gasteiger partial charge in [0.2, 0.25) is 5.91 Å². The molecule has 0 spiro atoms. The lowest BCUT2D eigenvalue weighted by Crippen LogP contribution is -2.51. The van der Waals surface area contributed by atoms with Crippen LogP contribution in [-0.2, 0) is 16.0 Å². The number of nitrogens with zero attached hydrogens (tertiary/aromatic N) is 1. The van der Waals surface area contributed by atoms with Gasteiger partial charge in [-0.15, -0.1) is 0 Å². The van der Waals surface area contributed by atoms with Crippen molar-refractivity contribution in [3.05, 3.63) is 36.0 Å². The molecule has 2 heterocycles. The molecular weight excluding hydrogens is 342 g/mol. The highest BCUT2D eigenvalue weighted by Gasteiger charge is 2.29. The number of aromatic nitrogens is 1. The number of nitrogens with one attached hydrogen (secondary N) is 2. The predicted molar refractivity (Wildman–Crippen MR) is 106 cm³/mol. The quantitative estimate of drug-likeness (QED) is 0.862. The zero-order chi connectivity index (χ0) is 19.4. The van der Waals surface area contributed by atoms with E-state index < -0.39 is 17.7 Å². The van der Waals surface area contributed by atoms with Gasteiger partial charge in [0.15, 0.2) is 0 Å². The fourth-order valence-electron chi connectivity index (χ4n) is 3.50. The van der Waals surface area contributed by atoms with Crippen LogP contribution >= 0.6 is 0 Å². The first kappa shape index (κ1) is 19.3. The maximum atomic E-state index is 13.1. The van der Waals surface area contributed by atoms with Gasteiger partial charge in [0, 0.05) is 36.6 Å². The number of carbonyl (C=O) groups is 2. The molecule has 1 saturated heterocycles. The fraction of sp³-hybridized carbons (Fsp3) is 0.524. The molecule has 1 aliphatic heterocycles. The van der Waals surface area contributed by atoms with Gasteiger partial charge in [-0.05, 0) is 51.7 Å². The average molecular weight is 371 g/mol. The normalized spacial score (nSPS) is 16.2. The Morgan fingerprint density at radius 1 is 1.19 bits per heavy atom. The highest BCUT2D eigenvalue weighted by molar-refractivity contribution is 5.88. The standard InChI is InChI=1S/C21H29N3O3/c1-21(2,3)27-20(26)23-18(19(25)24-11-7-4-8-12-24)13-15-14-22-17-10-6-5-9-16(15)17/h5-6,9-10,14,18,22H,4,7-8,11-13H2,1-3H3,(H,23,26). The Morgan fingerprint density at radius 3 is 2.59 bits per heavy atom. The molecule has 0 saturated carbocycles. The summed E-state index contributed by atoms with van der Waals surface area (Å²) in [5.74, 6) is -0.0363. The average Bonchev–Trinajstić information content (AvgIpc) is 3.03. The highest BCUT2D eigenvalue weighted by Crippen LogP contribution is 2.20. The number of likely N-dealkylation sites (tertiary alicyclic amines) is 1. The molecule has 6 nitrogen and oxygen atoms in total. The number of fused-ring (bicyclic) bond motifs is 1. The number of carbonyl (C=O) groups excluding carboxylic acids is 2. The third-order valence-corrected chi connectivity index (χ3v) is 4.76. The van der Waals surface area contributed by atoms with Crippen LogP contribution in [0.4, 0.5) is 4.79 Å². The zero-order valence-electron chi connectivity index (χ0n) is 16.4.